The lowest BCUT2D eigenvalue weighted by Gasteiger charge is -2.12. The highest BCUT2D eigenvalue weighted by Gasteiger charge is 2.17. The Bertz CT molecular complexity index is 1400. The summed E-state index contributed by atoms with van der Waals surface area (Å²) in [6, 6.07) is 18.3. The van der Waals surface area contributed by atoms with Gasteiger partial charge in [0.15, 0.2) is 0 Å². The van der Waals surface area contributed by atoms with Crippen molar-refractivity contribution in [2.24, 2.45) is 0 Å². The number of thiophene rings is 1. The number of benzene rings is 2. The maximum Gasteiger partial charge on any atom is 0.242 e. The number of fused-ring (bicyclic) bond motifs is 1. The van der Waals surface area contributed by atoms with Crippen LogP contribution in [0.3, 0.4) is 0 Å². The quantitative estimate of drug-likeness (QED) is 0.295. The summed E-state index contributed by atoms with van der Waals surface area (Å²) < 4.78 is 25.5. The summed E-state index contributed by atoms with van der Waals surface area (Å²) in [5.74, 6) is 0.621. The summed E-state index contributed by atoms with van der Waals surface area (Å²) in [5, 5.41) is 4.50. The standard InChI is InChI=1S/C23H22N4O3S3/c1-15-24-22(19-13-20(32-23(19)25-15)16-7-5-4-6-8-16)31-14-21(28)26-17-9-11-18(12-10-17)33(29,30)27(2)3/h4-13H,14H2,1-3H3,(H,26,28). The van der Waals surface area contributed by atoms with E-state index in [0.29, 0.717) is 11.5 Å². The largest absolute Gasteiger partial charge is 0.325 e. The van der Waals surface area contributed by atoms with Crippen molar-refractivity contribution in [2.75, 3.05) is 25.2 Å². The number of aryl methyl sites for hydroxylation is 1. The fourth-order valence-corrected chi connectivity index (χ4v) is 6.00. The summed E-state index contributed by atoms with van der Waals surface area (Å²) in [5.41, 5.74) is 1.65. The molecule has 0 atom stereocenters. The topological polar surface area (TPSA) is 92.3 Å². The van der Waals surface area contributed by atoms with E-state index in [0.717, 1.165) is 30.0 Å². The van der Waals surface area contributed by atoms with E-state index >= 15 is 0 Å². The van der Waals surface area contributed by atoms with Crippen molar-refractivity contribution in [1.29, 1.82) is 0 Å². The first kappa shape index (κ1) is 23.4. The van der Waals surface area contributed by atoms with Gasteiger partial charge in [0.05, 0.1) is 10.6 Å². The zero-order valence-corrected chi connectivity index (χ0v) is 20.7. The van der Waals surface area contributed by atoms with E-state index < -0.39 is 10.0 Å². The Hall–Kier alpha value is -2.79. The molecule has 0 saturated heterocycles. The predicted molar refractivity (Wildman–Crippen MR) is 134 cm³/mol. The van der Waals surface area contributed by atoms with Crippen LogP contribution in [0.4, 0.5) is 5.69 Å². The lowest BCUT2D eigenvalue weighted by atomic mass is 10.2. The van der Waals surface area contributed by atoms with E-state index in [1.54, 1.807) is 23.5 Å². The van der Waals surface area contributed by atoms with Gasteiger partial charge in [-0.3, -0.25) is 4.79 Å². The number of carbonyl (C=O) groups is 1. The van der Waals surface area contributed by atoms with Crippen LogP contribution in [0.25, 0.3) is 20.7 Å². The van der Waals surface area contributed by atoms with Crippen molar-refractivity contribution < 1.29 is 13.2 Å². The molecular formula is C23H22N4O3S3. The van der Waals surface area contributed by atoms with Crippen LogP contribution in [0.1, 0.15) is 5.82 Å². The first-order valence-corrected chi connectivity index (χ1v) is 13.3. The van der Waals surface area contributed by atoms with Gasteiger partial charge in [0.2, 0.25) is 15.9 Å². The highest BCUT2D eigenvalue weighted by molar-refractivity contribution is 8.00. The first-order chi connectivity index (χ1) is 15.7. The molecule has 0 aliphatic heterocycles. The van der Waals surface area contributed by atoms with Gasteiger partial charge in [0.25, 0.3) is 0 Å². The second-order valence-corrected chi connectivity index (χ2v) is 11.6. The number of sulfonamides is 1. The van der Waals surface area contributed by atoms with Crippen LogP contribution in [0.2, 0.25) is 0 Å². The molecule has 2 aromatic heterocycles. The summed E-state index contributed by atoms with van der Waals surface area (Å²) in [6.07, 6.45) is 0. The smallest absolute Gasteiger partial charge is 0.242 e. The molecule has 2 aromatic carbocycles. The molecule has 33 heavy (non-hydrogen) atoms. The molecule has 1 amide bonds. The monoisotopic (exact) mass is 498 g/mol. The minimum Gasteiger partial charge on any atom is -0.325 e. The molecule has 1 N–H and O–H groups in total. The molecule has 7 nitrogen and oxygen atoms in total. The Kier molecular flexibility index (Phi) is 6.80. The lowest BCUT2D eigenvalue weighted by Crippen LogP contribution is -2.22. The molecular weight excluding hydrogens is 476 g/mol. The fourth-order valence-electron chi connectivity index (χ4n) is 3.10. The maximum absolute atomic E-state index is 12.5. The molecule has 0 unspecified atom stereocenters. The van der Waals surface area contributed by atoms with Gasteiger partial charge >= 0.3 is 0 Å². The molecule has 4 rings (SSSR count). The highest BCUT2D eigenvalue weighted by atomic mass is 32.2. The van der Waals surface area contributed by atoms with Crippen LogP contribution < -0.4 is 5.32 Å². The number of anilines is 1. The Balaban J connectivity index is 1.47. The molecule has 0 saturated carbocycles. The third kappa shape index (κ3) is 5.25. The van der Waals surface area contributed by atoms with Gasteiger partial charge in [0.1, 0.15) is 15.7 Å². The molecule has 0 radical (unpaired) electrons. The van der Waals surface area contributed by atoms with Crippen molar-refractivity contribution in [1.82, 2.24) is 14.3 Å². The van der Waals surface area contributed by atoms with Gasteiger partial charge in [-0.1, -0.05) is 42.1 Å². The van der Waals surface area contributed by atoms with Crippen molar-refractivity contribution in [3.63, 3.8) is 0 Å². The van der Waals surface area contributed by atoms with Crippen molar-refractivity contribution >= 4 is 54.9 Å². The molecule has 0 spiro atoms. The van der Waals surface area contributed by atoms with Crippen LogP contribution in [-0.4, -0.2) is 48.4 Å². The lowest BCUT2D eigenvalue weighted by molar-refractivity contribution is -0.113. The molecule has 0 bridgehead atoms. The van der Waals surface area contributed by atoms with E-state index in [4.69, 9.17) is 0 Å². The molecule has 2 heterocycles. The fraction of sp³-hybridized carbons (Fsp3) is 0.174. The van der Waals surface area contributed by atoms with Crippen molar-refractivity contribution in [3.8, 4) is 10.4 Å². The number of hydrogen-bond donors (Lipinski definition) is 1. The Morgan fingerprint density at radius 2 is 1.76 bits per heavy atom. The normalized spacial score (nSPS) is 11.8. The number of aromatic nitrogens is 2. The zero-order valence-electron chi connectivity index (χ0n) is 18.3. The van der Waals surface area contributed by atoms with Crippen LogP contribution in [0.15, 0.2) is 70.6 Å². The maximum atomic E-state index is 12.5. The second kappa shape index (κ2) is 9.60. The summed E-state index contributed by atoms with van der Waals surface area (Å²) in [6.45, 7) is 1.84. The average molecular weight is 499 g/mol. The van der Waals surface area contributed by atoms with Crippen LogP contribution in [0, 0.1) is 6.92 Å². The highest BCUT2D eigenvalue weighted by Crippen LogP contribution is 2.36. The number of hydrogen-bond acceptors (Lipinski definition) is 7. The molecule has 4 aromatic rings. The van der Waals surface area contributed by atoms with Gasteiger partial charge in [-0.2, -0.15) is 0 Å². The number of amides is 1. The second-order valence-electron chi connectivity index (χ2n) is 7.42. The molecule has 10 heteroatoms. The van der Waals surface area contributed by atoms with E-state index in [1.165, 1.54) is 38.0 Å². The van der Waals surface area contributed by atoms with Crippen LogP contribution >= 0.6 is 23.1 Å². The van der Waals surface area contributed by atoms with Gasteiger partial charge < -0.3 is 5.32 Å². The van der Waals surface area contributed by atoms with Crippen molar-refractivity contribution in [3.05, 3.63) is 66.5 Å². The third-order valence-corrected chi connectivity index (χ3v) is 8.68. The van der Waals surface area contributed by atoms with E-state index in [9.17, 15) is 13.2 Å². The average Bonchev–Trinajstić information content (AvgIpc) is 3.22. The van der Waals surface area contributed by atoms with Gasteiger partial charge in [-0.05, 0) is 42.8 Å². The SMILES string of the molecule is Cc1nc(SCC(=O)Nc2ccc(S(=O)(=O)N(C)C)cc2)c2cc(-c3ccccc3)sc2n1. The first-order valence-electron chi connectivity index (χ1n) is 10.0. The summed E-state index contributed by atoms with van der Waals surface area (Å²) in [4.78, 5) is 23.8. The Labute approximate surface area is 200 Å². The zero-order chi connectivity index (χ0) is 23.6. The van der Waals surface area contributed by atoms with Crippen LogP contribution in [0.5, 0.6) is 0 Å². The van der Waals surface area contributed by atoms with E-state index in [-0.39, 0.29) is 16.6 Å². The minimum atomic E-state index is -3.51. The number of rotatable bonds is 7. The van der Waals surface area contributed by atoms with Gasteiger partial charge in [-0.25, -0.2) is 22.7 Å². The van der Waals surface area contributed by atoms with Crippen molar-refractivity contribution in [2.45, 2.75) is 16.8 Å². The summed E-state index contributed by atoms with van der Waals surface area (Å²) >= 11 is 2.96. The summed E-state index contributed by atoms with van der Waals surface area (Å²) in [7, 11) is -0.555. The minimum absolute atomic E-state index is 0.166. The number of nitrogens with one attached hydrogen (secondary N) is 1. The number of thioether (sulfide) groups is 1. The van der Waals surface area contributed by atoms with Crippen LogP contribution in [-0.2, 0) is 14.8 Å². The van der Waals surface area contributed by atoms with E-state index in [1.807, 2.05) is 25.1 Å². The Morgan fingerprint density at radius 1 is 1.06 bits per heavy atom. The number of carbonyl (C=O) groups excluding carboxylic acids is 1. The van der Waals surface area contributed by atoms with E-state index in [2.05, 4.69) is 33.5 Å². The molecule has 0 aliphatic carbocycles. The Morgan fingerprint density at radius 3 is 2.42 bits per heavy atom. The van der Waals surface area contributed by atoms with Gasteiger partial charge in [0, 0.05) is 30.0 Å². The molecule has 0 fully saturated rings. The molecule has 170 valence electrons. The molecule has 0 aliphatic rings. The number of nitrogens with zero attached hydrogens (tertiary/aromatic N) is 3. The third-order valence-electron chi connectivity index (χ3n) is 4.78. The van der Waals surface area contributed by atoms with Gasteiger partial charge in [-0.15, -0.1) is 11.3 Å². The predicted octanol–water partition coefficient (Wildman–Crippen LogP) is 4.65.